The highest BCUT2D eigenvalue weighted by Gasteiger charge is 2.02. The molecule has 0 spiro atoms. The van der Waals surface area contributed by atoms with Crippen LogP contribution in [0.5, 0.6) is 5.75 Å². The van der Waals surface area contributed by atoms with Crippen molar-refractivity contribution in [2.45, 2.75) is 33.4 Å². The molecule has 1 aromatic heterocycles. The SMILES string of the molecule is Cc1ccc(OCc2ccn(C(C)C)n2)cc1. The lowest BCUT2D eigenvalue weighted by Crippen LogP contribution is -2.03. The summed E-state index contributed by atoms with van der Waals surface area (Å²) in [5, 5.41) is 4.43. The lowest BCUT2D eigenvalue weighted by atomic mass is 10.2. The lowest BCUT2D eigenvalue weighted by Gasteiger charge is -2.05. The maximum Gasteiger partial charge on any atom is 0.132 e. The molecule has 0 unspecified atom stereocenters. The third-order valence-electron chi connectivity index (χ3n) is 2.60. The van der Waals surface area contributed by atoms with Gasteiger partial charge in [0.25, 0.3) is 0 Å². The summed E-state index contributed by atoms with van der Waals surface area (Å²) < 4.78 is 7.60. The van der Waals surface area contributed by atoms with E-state index in [0.717, 1.165) is 11.4 Å². The Balaban J connectivity index is 1.95. The van der Waals surface area contributed by atoms with Crippen LogP contribution < -0.4 is 4.74 Å². The van der Waals surface area contributed by atoms with Crippen molar-refractivity contribution in [3.63, 3.8) is 0 Å². The maximum absolute atomic E-state index is 5.66. The van der Waals surface area contributed by atoms with Gasteiger partial charge in [-0.25, -0.2) is 0 Å². The summed E-state index contributed by atoms with van der Waals surface area (Å²) in [5.74, 6) is 0.884. The van der Waals surface area contributed by atoms with Crippen LogP contribution in [0.3, 0.4) is 0 Å². The van der Waals surface area contributed by atoms with E-state index in [1.807, 2.05) is 41.2 Å². The van der Waals surface area contributed by atoms with Gasteiger partial charge in [0.15, 0.2) is 0 Å². The van der Waals surface area contributed by atoms with E-state index in [1.165, 1.54) is 5.56 Å². The Morgan fingerprint density at radius 1 is 1.18 bits per heavy atom. The molecular weight excluding hydrogens is 212 g/mol. The van der Waals surface area contributed by atoms with Gasteiger partial charge in [-0.1, -0.05) is 17.7 Å². The second-order valence-corrected chi connectivity index (χ2v) is 4.48. The van der Waals surface area contributed by atoms with Crippen molar-refractivity contribution in [1.82, 2.24) is 9.78 Å². The van der Waals surface area contributed by atoms with Crippen molar-refractivity contribution in [3.05, 3.63) is 47.8 Å². The first kappa shape index (κ1) is 11.7. The Bertz CT molecular complexity index is 471. The molecular formula is C14H18N2O. The Hall–Kier alpha value is -1.77. The first-order chi connectivity index (χ1) is 8.15. The molecule has 2 rings (SSSR count). The van der Waals surface area contributed by atoms with Crippen molar-refractivity contribution in [3.8, 4) is 5.75 Å². The molecule has 2 aromatic rings. The lowest BCUT2D eigenvalue weighted by molar-refractivity contribution is 0.298. The molecule has 0 bridgehead atoms. The maximum atomic E-state index is 5.66. The summed E-state index contributed by atoms with van der Waals surface area (Å²) in [4.78, 5) is 0. The molecule has 3 nitrogen and oxygen atoms in total. The minimum absolute atomic E-state index is 0.392. The van der Waals surface area contributed by atoms with Gasteiger partial charge in [0.2, 0.25) is 0 Å². The molecule has 0 saturated carbocycles. The van der Waals surface area contributed by atoms with Crippen LogP contribution >= 0.6 is 0 Å². The van der Waals surface area contributed by atoms with Crippen molar-refractivity contribution in [1.29, 1.82) is 0 Å². The largest absolute Gasteiger partial charge is 0.487 e. The molecule has 1 aromatic carbocycles. The third kappa shape index (κ3) is 3.09. The summed E-state index contributed by atoms with van der Waals surface area (Å²) in [7, 11) is 0. The molecule has 1 heterocycles. The molecule has 0 fully saturated rings. The first-order valence-electron chi connectivity index (χ1n) is 5.88. The summed E-state index contributed by atoms with van der Waals surface area (Å²) in [6.07, 6.45) is 1.98. The number of ether oxygens (including phenoxy) is 1. The Morgan fingerprint density at radius 3 is 2.47 bits per heavy atom. The molecule has 0 aliphatic carbocycles. The second kappa shape index (κ2) is 5.04. The molecule has 90 valence electrons. The Kier molecular flexibility index (Phi) is 3.47. The highest BCUT2D eigenvalue weighted by molar-refractivity contribution is 5.26. The highest BCUT2D eigenvalue weighted by Crippen LogP contribution is 2.13. The van der Waals surface area contributed by atoms with Gasteiger partial charge in [-0.3, -0.25) is 4.68 Å². The fourth-order valence-electron chi connectivity index (χ4n) is 1.53. The van der Waals surface area contributed by atoms with Crippen LogP contribution in [0, 0.1) is 6.92 Å². The van der Waals surface area contributed by atoms with Gasteiger partial charge >= 0.3 is 0 Å². The fraction of sp³-hybridized carbons (Fsp3) is 0.357. The third-order valence-corrected chi connectivity index (χ3v) is 2.60. The summed E-state index contributed by atoms with van der Waals surface area (Å²) in [5.41, 5.74) is 2.20. The molecule has 0 radical (unpaired) electrons. The topological polar surface area (TPSA) is 27.1 Å². The Morgan fingerprint density at radius 2 is 1.88 bits per heavy atom. The van der Waals surface area contributed by atoms with E-state index in [9.17, 15) is 0 Å². The van der Waals surface area contributed by atoms with E-state index in [0.29, 0.717) is 12.6 Å². The summed E-state index contributed by atoms with van der Waals surface area (Å²) in [6, 6.07) is 10.4. The predicted molar refractivity (Wildman–Crippen MR) is 68.1 cm³/mol. The zero-order chi connectivity index (χ0) is 12.3. The number of rotatable bonds is 4. The normalized spacial score (nSPS) is 10.8. The van der Waals surface area contributed by atoms with Gasteiger partial charge in [-0.05, 0) is 39.0 Å². The number of benzene rings is 1. The van der Waals surface area contributed by atoms with Crippen LogP contribution in [-0.2, 0) is 6.61 Å². The number of nitrogens with zero attached hydrogens (tertiary/aromatic N) is 2. The van der Waals surface area contributed by atoms with Gasteiger partial charge in [0, 0.05) is 12.2 Å². The van der Waals surface area contributed by atoms with Crippen LogP contribution in [0.4, 0.5) is 0 Å². The number of hydrogen-bond donors (Lipinski definition) is 0. The van der Waals surface area contributed by atoms with Gasteiger partial charge in [-0.2, -0.15) is 5.10 Å². The average Bonchev–Trinajstić information content (AvgIpc) is 2.77. The minimum Gasteiger partial charge on any atom is -0.487 e. The van der Waals surface area contributed by atoms with Crippen molar-refractivity contribution in [2.75, 3.05) is 0 Å². The number of aryl methyl sites for hydroxylation is 1. The van der Waals surface area contributed by atoms with E-state index in [4.69, 9.17) is 4.74 Å². The fourth-order valence-corrected chi connectivity index (χ4v) is 1.53. The van der Waals surface area contributed by atoms with E-state index in [2.05, 4.69) is 25.9 Å². The zero-order valence-electron chi connectivity index (χ0n) is 10.6. The first-order valence-corrected chi connectivity index (χ1v) is 5.88. The van der Waals surface area contributed by atoms with E-state index < -0.39 is 0 Å². The van der Waals surface area contributed by atoms with Crippen molar-refractivity contribution in [2.24, 2.45) is 0 Å². The second-order valence-electron chi connectivity index (χ2n) is 4.48. The van der Waals surface area contributed by atoms with Crippen LogP contribution in [0.2, 0.25) is 0 Å². The molecule has 0 aliphatic rings. The standard InChI is InChI=1S/C14H18N2O/c1-11(2)16-9-8-13(15-16)10-17-14-6-4-12(3)5-7-14/h4-9,11H,10H2,1-3H3. The minimum atomic E-state index is 0.392. The highest BCUT2D eigenvalue weighted by atomic mass is 16.5. The molecule has 0 amide bonds. The zero-order valence-corrected chi connectivity index (χ0v) is 10.6. The predicted octanol–water partition coefficient (Wildman–Crippen LogP) is 3.35. The van der Waals surface area contributed by atoms with E-state index >= 15 is 0 Å². The van der Waals surface area contributed by atoms with Crippen LogP contribution in [0.1, 0.15) is 31.1 Å². The van der Waals surface area contributed by atoms with Crippen molar-refractivity contribution < 1.29 is 4.74 Å². The smallest absolute Gasteiger partial charge is 0.132 e. The number of hydrogen-bond acceptors (Lipinski definition) is 2. The quantitative estimate of drug-likeness (QED) is 0.805. The molecule has 0 aliphatic heterocycles. The molecule has 0 atom stereocenters. The van der Waals surface area contributed by atoms with Crippen LogP contribution in [0.25, 0.3) is 0 Å². The Labute approximate surface area is 102 Å². The van der Waals surface area contributed by atoms with Crippen LogP contribution in [0.15, 0.2) is 36.5 Å². The monoisotopic (exact) mass is 230 g/mol. The summed E-state index contributed by atoms with van der Waals surface area (Å²) >= 11 is 0. The van der Waals surface area contributed by atoms with Gasteiger partial charge in [0.1, 0.15) is 12.4 Å². The average molecular weight is 230 g/mol. The van der Waals surface area contributed by atoms with Gasteiger partial charge < -0.3 is 4.74 Å². The van der Waals surface area contributed by atoms with Gasteiger partial charge in [-0.15, -0.1) is 0 Å². The molecule has 3 heteroatoms. The molecule has 0 saturated heterocycles. The number of aromatic nitrogens is 2. The van der Waals surface area contributed by atoms with Gasteiger partial charge in [0.05, 0.1) is 5.69 Å². The molecule has 17 heavy (non-hydrogen) atoms. The molecule has 0 N–H and O–H groups in total. The van der Waals surface area contributed by atoms with Crippen LogP contribution in [-0.4, -0.2) is 9.78 Å². The van der Waals surface area contributed by atoms with Crippen molar-refractivity contribution >= 4 is 0 Å². The summed E-state index contributed by atoms with van der Waals surface area (Å²) in [6.45, 7) is 6.80. The van der Waals surface area contributed by atoms with E-state index in [1.54, 1.807) is 0 Å². The van der Waals surface area contributed by atoms with E-state index in [-0.39, 0.29) is 0 Å².